The Morgan fingerprint density at radius 3 is 2.56 bits per heavy atom. The molecule has 0 aliphatic heterocycles. The van der Waals surface area contributed by atoms with E-state index in [2.05, 4.69) is 15.0 Å². The fourth-order valence-corrected chi connectivity index (χ4v) is 2.12. The third kappa shape index (κ3) is 2.06. The van der Waals surface area contributed by atoms with Gasteiger partial charge in [-0.05, 0) is 12.8 Å². The lowest BCUT2D eigenvalue weighted by molar-refractivity contribution is 0.808. The van der Waals surface area contributed by atoms with E-state index in [-0.39, 0.29) is 11.5 Å². The SMILES string of the molecule is Cc1nc(-c2ncc(Cl)n2C)[nH]c(=O)c1C(C)C. The number of nitrogens with zero attached hydrogens (tertiary/aromatic N) is 3. The molecule has 0 saturated heterocycles. The van der Waals surface area contributed by atoms with E-state index < -0.39 is 0 Å². The topological polar surface area (TPSA) is 63.6 Å². The predicted octanol–water partition coefficient (Wildman–Crippen LogP) is 2.26. The molecule has 0 radical (unpaired) electrons. The Balaban J connectivity index is 2.62. The van der Waals surface area contributed by atoms with Gasteiger partial charge in [-0.1, -0.05) is 25.4 Å². The van der Waals surface area contributed by atoms with Gasteiger partial charge in [0.15, 0.2) is 11.6 Å². The van der Waals surface area contributed by atoms with E-state index in [1.165, 1.54) is 6.20 Å². The number of halogens is 1. The van der Waals surface area contributed by atoms with Gasteiger partial charge in [0.05, 0.1) is 6.20 Å². The van der Waals surface area contributed by atoms with Gasteiger partial charge >= 0.3 is 0 Å². The van der Waals surface area contributed by atoms with Gasteiger partial charge in [-0.15, -0.1) is 0 Å². The van der Waals surface area contributed by atoms with Crippen molar-refractivity contribution < 1.29 is 0 Å². The van der Waals surface area contributed by atoms with Gasteiger partial charge in [-0.3, -0.25) is 4.79 Å². The molecule has 0 aliphatic rings. The highest BCUT2D eigenvalue weighted by molar-refractivity contribution is 6.29. The van der Waals surface area contributed by atoms with Gasteiger partial charge in [-0.2, -0.15) is 0 Å². The Morgan fingerprint density at radius 2 is 2.11 bits per heavy atom. The van der Waals surface area contributed by atoms with E-state index in [9.17, 15) is 4.79 Å². The lowest BCUT2D eigenvalue weighted by Gasteiger charge is -2.09. The van der Waals surface area contributed by atoms with E-state index in [0.717, 1.165) is 5.69 Å². The summed E-state index contributed by atoms with van der Waals surface area (Å²) in [6, 6.07) is 0. The van der Waals surface area contributed by atoms with Crippen molar-refractivity contribution in [1.29, 1.82) is 0 Å². The second-order valence-corrected chi connectivity index (χ2v) is 4.92. The van der Waals surface area contributed by atoms with Crippen molar-refractivity contribution in [2.75, 3.05) is 0 Å². The van der Waals surface area contributed by atoms with Crippen LogP contribution in [0.5, 0.6) is 0 Å². The van der Waals surface area contributed by atoms with E-state index in [1.807, 2.05) is 20.8 Å². The zero-order chi connectivity index (χ0) is 13.4. The third-order valence-electron chi connectivity index (χ3n) is 2.87. The third-order valence-corrected chi connectivity index (χ3v) is 3.22. The first-order chi connectivity index (χ1) is 8.41. The average molecular weight is 267 g/mol. The number of aryl methyl sites for hydroxylation is 1. The van der Waals surface area contributed by atoms with E-state index in [4.69, 9.17) is 11.6 Å². The number of aromatic amines is 1. The zero-order valence-electron chi connectivity index (χ0n) is 10.8. The monoisotopic (exact) mass is 266 g/mol. The minimum Gasteiger partial charge on any atom is -0.316 e. The number of rotatable bonds is 2. The van der Waals surface area contributed by atoms with Crippen LogP contribution in [0.15, 0.2) is 11.0 Å². The fraction of sp³-hybridized carbons (Fsp3) is 0.417. The van der Waals surface area contributed by atoms with Crippen LogP contribution < -0.4 is 5.56 Å². The molecule has 1 N–H and O–H groups in total. The second-order valence-electron chi connectivity index (χ2n) is 4.53. The molecule has 2 aromatic rings. The molecule has 2 heterocycles. The molecule has 0 fully saturated rings. The molecule has 0 bridgehead atoms. The van der Waals surface area contributed by atoms with Crippen molar-refractivity contribution in [1.82, 2.24) is 19.5 Å². The first kappa shape index (κ1) is 12.8. The Hall–Kier alpha value is -1.62. The largest absolute Gasteiger partial charge is 0.316 e. The fourth-order valence-electron chi connectivity index (χ4n) is 1.99. The average Bonchev–Trinajstić information content (AvgIpc) is 2.58. The standard InChI is InChI=1S/C12H15ClN4O/c1-6(2)9-7(3)15-10(16-12(9)18)11-14-5-8(13)17(11)4/h5-6H,1-4H3,(H,15,16,18). The lowest BCUT2D eigenvalue weighted by atomic mass is 10.0. The second kappa shape index (κ2) is 4.57. The summed E-state index contributed by atoms with van der Waals surface area (Å²) in [7, 11) is 1.77. The number of hydrogen-bond donors (Lipinski definition) is 1. The van der Waals surface area contributed by atoms with E-state index >= 15 is 0 Å². The Morgan fingerprint density at radius 1 is 1.44 bits per heavy atom. The summed E-state index contributed by atoms with van der Waals surface area (Å²) < 4.78 is 1.67. The van der Waals surface area contributed by atoms with Crippen LogP contribution in [0.3, 0.4) is 0 Å². The zero-order valence-corrected chi connectivity index (χ0v) is 11.5. The molecule has 0 amide bonds. The molecule has 2 rings (SSSR count). The minimum absolute atomic E-state index is 0.119. The molecular formula is C12H15ClN4O. The minimum atomic E-state index is -0.119. The summed E-state index contributed by atoms with van der Waals surface area (Å²) in [6.07, 6.45) is 1.53. The van der Waals surface area contributed by atoms with Crippen LogP contribution in [-0.2, 0) is 7.05 Å². The quantitative estimate of drug-likeness (QED) is 0.907. The Kier molecular flexibility index (Phi) is 3.26. The summed E-state index contributed by atoms with van der Waals surface area (Å²) in [5, 5.41) is 0.498. The van der Waals surface area contributed by atoms with Gasteiger partial charge < -0.3 is 9.55 Å². The summed E-state index contributed by atoms with van der Waals surface area (Å²) >= 11 is 5.92. The van der Waals surface area contributed by atoms with Gasteiger partial charge in [0.25, 0.3) is 5.56 Å². The number of hydrogen-bond acceptors (Lipinski definition) is 3. The van der Waals surface area contributed by atoms with Crippen molar-refractivity contribution in [3.05, 3.63) is 33.0 Å². The van der Waals surface area contributed by atoms with Crippen LogP contribution in [0, 0.1) is 6.92 Å². The highest BCUT2D eigenvalue weighted by Gasteiger charge is 2.15. The number of aromatic nitrogens is 4. The molecule has 0 spiro atoms. The summed E-state index contributed by atoms with van der Waals surface area (Å²) in [5.41, 5.74) is 1.31. The molecule has 0 unspecified atom stereocenters. The van der Waals surface area contributed by atoms with Crippen LogP contribution in [0.4, 0.5) is 0 Å². The summed E-state index contributed by atoms with van der Waals surface area (Å²) in [5.74, 6) is 1.13. The van der Waals surface area contributed by atoms with Crippen molar-refractivity contribution in [3.8, 4) is 11.6 Å². The van der Waals surface area contributed by atoms with Crippen LogP contribution >= 0.6 is 11.6 Å². The van der Waals surface area contributed by atoms with E-state index in [1.54, 1.807) is 11.6 Å². The summed E-state index contributed by atoms with van der Waals surface area (Å²) in [6.45, 7) is 5.77. The van der Waals surface area contributed by atoms with Crippen molar-refractivity contribution in [3.63, 3.8) is 0 Å². The first-order valence-electron chi connectivity index (χ1n) is 5.70. The Bertz CT molecular complexity index is 642. The van der Waals surface area contributed by atoms with Gasteiger partial charge in [-0.25, -0.2) is 9.97 Å². The van der Waals surface area contributed by atoms with Crippen LogP contribution in [0.2, 0.25) is 5.15 Å². The van der Waals surface area contributed by atoms with Gasteiger partial charge in [0.1, 0.15) is 5.15 Å². The molecule has 5 nitrogen and oxygen atoms in total. The maximum absolute atomic E-state index is 12.0. The maximum atomic E-state index is 12.0. The number of nitrogens with one attached hydrogen (secondary N) is 1. The molecule has 18 heavy (non-hydrogen) atoms. The molecule has 0 aliphatic carbocycles. The number of imidazole rings is 1. The van der Waals surface area contributed by atoms with Crippen LogP contribution in [-0.4, -0.2) is 19.5 Å². The van der Waals surface area contributed by atoms with Gasteiger partial charge in [0.2, 0.25) is 0 Å². The Labute approximate surface area is 110 Å². The summed E-state index contributed by atoms with van der Waals surface area (Å²) in [4.78, 5) is 23.3. The molecule has 2 aromatic heterocycles. The first-order valence-corrected chi connectivity index (χ1v) is 6.08. The smallest absolute Gasteiger partial charge is 0.254 e. The predicted molar refractivity (Wildman–Crippen MR) is 70.9 cm³/mol. The van der Waals surface area contributed by atoms with E-state index in [0.29, 0.717) is 22.4 Å². The molecule has 0 atom stereocenters. The molecule has 6 heteroatoms. The normalized spacial score (nSPS) is 11.2. The molecule has 0 saturated carbocycles. The molecule has 0 aromatic carbocycles. The van der Waals surface area contributed by atoms with Crippen LogP contribution in [0.25, 0.3) is 11.6 Å². The molecule has 96 valence electrons. The highest BCUT2D eigenvalue weighted by atomic mass is 35.5. The van der Waals surface area contributed by atoms with Crippen LogP contribution in [0.1, 0.15) is 31.0 Å². The van der Waals surface area contributed by atoms with Crippen molar-refractivity contribution in [2.45, 2.75) is 26.7 Å². The lowest BCUT2D eigenvalue weighted by Crippen LogP contribution is -2.19. The van der Waals surface area contributed by atoms with Crippen molar-refractivity contribution >= 4 is 11.6 Å². The van der Waals surface area contributed by atoms with Crippen molar-refractivity contribution in [2.24, 2.45) is 7.05 Å². The van der Waals surface area contributed by atoms with Gasteiger partial charge in [0, 0.05) is 18.3 Å². The molecular weight excluding hydrogens is 252 g/mol. The highest BCUT2D eigenvalue weighted by Crippen LogP contribution is 2.19. The number of H-pyrrole nitrogens is 1. The maximum Gasteiger partial charge on any atom is 0.254 e.